The molecule has 0 aliphatic carbocycles. The molecule has 0 aromatic heterocycles. The lowest BCUT2D eigenvalue weighted by atomic mass is 9.97. The number of carbonyl (C=O) groups excluding carboxylic acids is 2. The number of rotatable bonds is 3. The van der Waals surface area contributed by atoms with Crippen molar-refractivity contribution in [1.29, 1.82) is 0 Å². The number of hydrogen-bond acceptors (Lipinski definition) is 2. The lowest BCUT2D eigenvalue weighted by molar-refractivity contribution is -0.127. The Bertz CT molecular complexity index is 400. The molecule has 1 unspecified atom stereocenters. The molecule has 3 nitrogen and oxygen atoms in total. The summed E-state index contributed by atoms with van der Waals surface area (Å²) in [5.41, 5.74) is 0.707. The monoisotopic (exact) mass is 217 g/mol. The van der Waals surface area contributed by atoms with Crippen LogP contribution in [0.2, 0.25) is 0 Å². The third-order valence-corrected chi connectivity index (χ3v) is 3.03. The average molecular weight is 217 g/mol. The van der Waals surface area contributed by atoms with Gasteiger partial charge in [-0.3, -0.25) is 9.59 Å². The maximum absolute atomic E-state index is 12.1. The van der Waals surface area contributed by atoms with Crippen LogP contribution in [0.5, 0.6) is 0 Å². The van der Waals surface area contributed by atoms with Crippen molar-refractivity contribution in [1.82, 2.24) is 4.90 Å². The van der Waals surface area contributed by atoms with E-state index in [2.05, 4.69) is 0 Å². The van der Waals surface area contributed by atoms with Crippen LogP contribution >= 0.6 is 0 Å². The van der Waals surface area contributed by atoms with Crippen LogP contribution in [-0.2, 0) is 4.79 Å². The van der Waals surface area contributed by atoms with Gasteiger partial charge in [0, 0.05) is 31.0 Å². The Kier molecular flexibility index (Phi) is 3.04. The van der Waals surface area contributed by atoms with Gasteiger partial charge in [-0.05, 0) is 6.92 Å². The first-order chi connectivity index (χ1) is 7.72. The Morgan fingerprint density at radius 2 is 2.06 bits per heavy atom. The number of carbonyl (C=O) groups is 2. The number of hydrogen-bond donors (Lipinski definition) is 0. The molecule has 1 saturated heterocycles. The van der Waals surface area contributed by atoms with Gasteiger partial charge in [-0.15, -0.1) is 0 Å². The second-order valence-corrected chi connectivity index (χ2v) is 4.06. The second-order valence-electron chi connectivity index (χ2n) is 4.06. The van der Waals surface area contributed by atoms with Crippen LogP contribution in [0.1, 0.15) is 23.7 Å². The molecule has 0 radical (unpaired) electrons. The van der Waals surface area contributed by atoms with Crippen LogP contribution in [0.3, 0.4) is 0 Å². The smallest absolute Gasteiger partial charge is 0.223 e. The highest BCUT2D eigenvalue weighted by Gasteiger charge is 2.33. The predicted molar refractivity (Wildman–Crippen MR) is 61.1 cm³/mol. The lowest BCUT2D eigenvalue weighted by Crippen LogP contribution is -2.25. The highest BCUT2D eigenvalue weighted by atomic mass is 16.2. The molecule has 1 aliphatic heterocycles. The first-order valence-corrected chi connectivity index (χ1v) is 5.59. The van der Waals surface area contributed by atoms with Gasteiger partial charge in [0.05, 0.1) is 0 Å². The summed E-state index contributed by atoms with van der Waals surface area (Å²) in [7, 11) is 0. The minimum Gasteiger partial charge on any atom is -0.342 e. The number of amides is 1. The van der Waals surface area contributed by atoms with E-state index < -0.39 is 0 Å². The fourth-order valence-corrected chi connectivity index (χ4v) is 2.09. The number of nitrogens with zero attached hydrogens (tertiary/aromatic N) is 1. The average Bonchev–Trinajstić information content (AvgIpc) is 2.71. The third-order valence-electron chi connectivity index (χ3n) is 3.03. The molecule has 2 rings (SSSR count). The van der Waals surface area contributed by atoms with E-state index >= 15 is 0 Å². The molecular weight excluding hydrogens is 202 g/mol. The van der Waals surface area contributed by atoms with E-state index in [-0.39, 0.29) is 17.6 Å². The summed E-state index contributed by atoms with van der Waals surface area (Å²) < 4.78 is 0. The normalized spacial score (nSPS) is 20.2. The number of Topliss-reactive ketones (excluding diaryl/α,β-unsaturated/α-hetero) is 1. The van der Waals surface area contributed by atoms with Gasteiger partial charge >= 0.3 is 0 Å². The van der Waals surface area contributed by atoms with Gasteiger partial charge in [-0.1, -0.05) is 30.3 Å². The largest absolute Gasteiger partial charge is 0.342 e. The molecule has 1 atom stereocenters. The molecule has 1 heterocycles. The molecule has 0 N–H and O–H groups in total. The Labute approximate surface area is 95.1 Å². The van der Waals surface area contributed by atoms with E-state index in [0.29, 0.717) is 25.1 Å². The van der Waals surface area contributed by atoms with Crippen molar-refractivity contribution < 1.29 is 9.59 Å². The molecule has 1 aromatic carbocycles. The van der Waals surface area contributed by atoms with Gasteiger partial charge in [0.1, 0.15) is 0 Å². The van der Waals surface area contributed by atoms with E-state index in [0.717, 1.165) is 0 Å². The maximum atomic E-state index is 12.1. The Hall–Kier alpha value is -1.64. The topological polar surface area (TPSA) is 37.4 Å². The van der Waals surface area contributed by atoms with Crippen molar-refractivity contribution in [3.05, 3.63) is 35.9 Å². The number of ketones is 1. The van der Waals surface area contributed by atoms with Crippen LogP contribution in [0.4, 0.5) is 0 Å². The zero-order chi connectivity index (χ0) is 11.5. The molecule has 16 heavy (non-hydrogen) atoms. The number of benzene rings is 1. The molecule has 0 spiro atoms. The Morgan fingerprint density at radius 1 is 1.38 bits per heavy atom. The first-order valence-electron chi connectivity index (χ1n) is 5.59. The number of likely N-dealkylation sites (tertiary alicyclic amines) is 1. The quantitative estimate of drug-likeness (QED) is 0.723. The zero-order valence-corrected chi connectivity index (χ0v) is 9.35. The second kappa shape index (κ2) is 4.47. The van der Waals surface area contributed by atoms with E-state index in [1.165, 1.54) is 0 Å². The third kappa shape index (κ3) is 1.98. The Balaban J connectivity index is 2.11. The lowest BCUT2D eigenvalue weighted by Gasteiger charge is -2.12. The highest BCUT2D eigenvalue weighted by molar-refractivity contribution is 6.01. The van der Waals surface area contributed by atoms with Gasteiger partial charge in [-0.25, -0.2) is 0 Å². The molecule has 0 saturated carbocycles. The van der Waals surface area contributed by atoms with E-state index in [1.807, 2.05) is 25.1 Å². The summed E-state index contributed by atoms with van der Waals surface area (Å²) in [5, 5.41) is 0. The molecule has 3 heteroatoms. The summed E-state index contributed by atoms with van der Waals surface area (Å²) >= 11 is 0. The van der Waals surface area contributed by atoms with Crippen LogP contribution in [0.25, 0.3) is 0 Å². The summed E-state index contributed by atoms with van der Waals surface area (Å²) in [5.74, 6) is 0.0246. The van der Waals surface area contributed by atoms with Crippen molar-refractivity contribution in [3.8, 4) is 0 Å². The fraction of sp³-hybridized carbons (Fsp3) is 0.385. The predicted octanol–water partition coefficient (Wildman–Crippen LogP) is 1.74. The fourth-order valence-electron chi connectivity index (χ4n) is 2.09. The van der Waals surface area contributed by atoms with Gasteiger partial charge < -0.3 is 4.90 Å². The molecule has 1 amide bonds. The minimum atomic E-state index is -0.158. The summed E-state index contributed by atoms with van der Waals surface area (Å²) in [6.45, 7) is 3.20. The maximum Gasteiger partial charge on any atom is 0.223 e. The zero-order valence-electron chi connectivity index (χ0n) is 9.35. The summed E-state index contributed by atoms with van der Waals surface area (Å²) in [4.78, 5) is 25.3. The molecule has 0 bridgehead atoms. The van der Waals surface area contributed by atoms with E-state index in [9.17, 15) is 9.59 Å². The van der Waals surface area contributed by atoms with Crippen LogP contribution < -0.4 is 0 Å². The van der Waals surface area contributed by atoms with Crippen LogP contribution in [0, 0.1) is 5.92 Å². The SMILES string of the molecule is CCN1CC(C(=O)c2ccccc2)CC1=O. The van der Waals surface area contributed by atoms with Gasteiger partial charge in [0.25, 0.3) is 0 Å². The molecular formula is C13H15NO2. The molecule has 1 aliphatic rings. The standard InChI is InChI=1S/C13H15NO2/c1-2-14-9-11(8-12(14)15)13(16)10-6-4-3-5-7-10/h3-7,11H,2,8-9H2,1H3. The molecule has 84 valence electrons. The molecule has 1 fully saturated rings. The van der Waals surface area contributed by atoms with Gasteiger partial charge in [0.15, 0.2) is 5.78 Å². The van der Waals surface area contributed by atoms with Crippen LogP contribution in [0.15, 0.2) is 30.3 Å². The highest BCUT2D eigenvalue weighted by Crippen LogP contribution is 2.21. The van der Waals surface area contributed by atoms with Crippen molar-refractivity contribution in [2.24, 2.45) is 5.92 Å². The van der Waals surface area contributed by atoms with Gasteiger partial charge in [-0.2, -0.15) is 0 Å². The Morgan fingerprint density at radius 3 is 2.62 bits per heavy atom. The first kappa shape index (κ1) is 10.9. The van der Waals surface area contributed by atoms with Crippen molar-refractivity contribution in [2.45, 2.75) is 13.3 Å². The minimum absolute atomic E-state index is 0.0879. The van der Waals surface area contributed by atoms with E-state index in [1.54, 1.807) is 17.0 Å². The molecule has 1 aromatic rings. The van der Waals surface area contributed by atoms with Crippen molar-refractivity contribution in [3.63, 3.8) is 0 Å². The van der Waals surface area contributed by atoms with Crippen molar-refractivity contribution >= 4 is 11.7 Å². The van der Waals surface area contributed by atoms with Gasteiger partial charge in [0.2, 0.25) is 5.91 Å². The summed E-state index contributed by atoms with van der Waals surface area (Å²) in [6.07, 6.45) is 0.363. The van der Waals surface area contributed by atoms with Crippen molar-refractivity contribution in [2.75, 3.05) is 13.1 Å². The van der Waals surface area contributed by atoms with E-state index in [4.69, 9.17) is 0 Å². The summed E-state index contributed by atoms with van der Waals surface area (Å²) in [6, 6.07) is 9.20. The van der Waals surface area contributed by atoms with Crippen LogP contribution in [-0.4, -0.2) is 29.7 Å².